The fourth-order valence-electron chi connectivity index (χ4n) is 3.78. The minimum atomic E-state index is -4.56. The molecule has 1 aliphatic heterocycles. The summed E-state index contributed by atoms with van der Waals surface area (Å²) in [6.45, 7) is 7.10. The number of amides is 1. The highest BCUT2D eigenvalue weighted by Crippen LogP contribution is 2.46. The van der Waals surface area contributed by atoms with Crippen LogP contribution in [0.4, 0.5) is 19.0 Å². The third-order valence-corrected chi connectivity index (χ3v) is 6.22. The van der Waals surface area contributed by atoms with Crippen LogP contribution in [0.3, 0.4) is 0 Å². The number of halogens is 5. The van der Waals surface area contributed by atoms with Crippen LogP contribution in [0, 0.1) is 0 Å². The molecule has 0 aliphatic carbocycles. The molecule has 2 atom stereocenters. The first-order valence-electron chi connectivity index (χ1n) is 10.5. The van der Waals surface area contributed by atoms with Gasteiger partial charge in [0, 0.05) is 18.0 Å². The van der Waals surface area contributed by atoms with Crippen molar-refractivity contribution in [2.45, 2.75) is 44.9 Å². The van der Waals surface area contributed by atoms with Gasteiger partial charge in [0.05, 0.1) is 6.04 Å². The number of anilines is 1. The van der Waals surface area contributed by atoms with Crippen molar-refractivity contribution in [3.8, 4) is 0 Å². The molecule has 1 aliphatic rings. The fraction of sp³-hybridized carbons (Fsp3) is 0.524. The standard InChI is InChI=1S/C21H26Cl2F3N5O/c1-3-30(4-2)11-5-10-27-20(32)18-17(23)19-28-15(13-6-8-14(22)9-7-13)12-16(21(24,25)26)31(19)29-18/h6-9,15-16,28H,3-5,10-12H2,1-2H3,(H,27,32). The SMILES string of the molecule is CCN(CC)CCCNC(=O)c1nn2c(c1Cl)NC(c1ccc(Cl)cc1)CC2C(F)(F)F. The summed E-state index contributed by atoms with van der Waals surface area (Å²) in [5.74, 6) is -0.615. The maximum Gasteiger partial charge on any atom is 0.410 e. The van der Waals surface area contributed by atoms with Crippen molar-refractivity contribution < 1.29 is 18.0 Å². The zero-order chi connectivity index (χ0) is 23.5. The van der Waals surface area contributed by atoms with Crippen LogP contribution < -0.4 is 10.6 Å². The first-order chi connectivity index (χ1) is 15.2. The van der Waals surface area contributed by atoms with Crippen molar-refractivity contribution in [1.29, 1.82) is 0 Å². The van der Waals surface area contributed by atoms with E-state index in [1.165, 1.54) is 0 Å². The summed E-state index contributed by atoms with van der Waals surface area (Å²) in [5, 5.41) is 10.0. The number of fused-ring (bicyclic) bond motifs is 1. The van der Waals surface area contributed by atoms with Gasteiger partial charge in [-0.25, -0.2) is 4.68 Å². The van der Waals surface area contributed by atoms with Crippen LogP contribution in [0.15, 0.2) is 24.3 Å². The molecule has 0 radical (unpaired) electrons. The average Bonchev–Trinajstić information content (AvgIpc) is 3.09. The lowest BCUT2D eigenvalue weighted by Gasteiger charge is -2.33. The number of rotatable bonds is 8. The maximum absolute atomic E-state index is 13.8. The Morgan fingerprint density at radius 3 is 2.50 bits per heavy atom. The summed E-state index contributed by atoms with van der Waals surface area (Å²) in [4.78, 5) is 14.8. The molecular formula is C21H26Cl2F3N5O. The second kappa shape index (κ2) is 10.3. The normalized spacial score (nSPS) is 18.4. The van der Waals surface area contributed by atoms with Crippen LogP contribution in [0.1, 0.15) is 54.8 Å². The summed E-state index contributed by atoms with van der Waals surface area (Å²) in [6, 6.07) is 3.98. The molecule has 6 nitrogen and oxygen atoms in total. The summed E-state index contributed by atoms with van der Waals surface area (Å²) in [6.07, 6.45) is -4.14. The zero-order valence-electron chi connectivity index (χ0n) is 17.8. The number of nitrogens with one attached hydrogen (secondary N) is 2. The predicted molar refractivity (Wildman–Crippen MR) is 119 cm³/mol. The lowest BCUT2D eigenvalue weighted by Crippen LogP contribution is -2.36. The molecule has 0 fully saturated rings. The highest BCUT2D eigenvalue weighted by molar-refractivity contribution is 6.36. The third-order valence-electron chi connectivity index (χ3n) is 5.61. The Kier molecular flexibility index (Phi) is 7.95. The van der Waals surface area contributed by atoms with E-state index in [9.17, 15) is 18.0 Å². The number of alkyl halides is 3. The van der Waals surface area contributed by atoms with E-state index in [0.717, 1.165) is 24.3 Å². The van der Waals surface area contributed by atoms with Gasteiger partial charge < -0.3 is 15.5 Å². The lowest BCUT2D eigenvalue weighted by atomic mass is 9.97. The first kappa shape index (κ1) is 24.7. The van der Waals surface area contributed by atoms with E-state index >= 15 is 0 Å². The van der Waals surface area contributed by atoms with E-state index in [4.69, 9.17) is 23.2 Å². The Morgan fingerprint density at radius 2 is 1.91 bits per heavy atom. The molecule has 176 valence electrons. The van der Waals surface area contributed by atoms with Crippen molar-refractivity contribution in [2.24, 2.45) is 0 Å². The summed E-state index contributed by atoms with van der Waals surface area (Å²) < 4.78 is 42.3. The Balaban J connectivity index is 1.80. The Morgan fingerprint density at radius 1 is 1.25 bits per heavy atom. The first-order valence-corrected chi connectivity index (χ1v) is 11.3. The van der Waals surface area contributed by atoms with E-state index in [2.05, 4.69) is 34.5 Å². The molecular weight excluding hydrogens is 466 g/mol. The number of aromatic nitrogens is 2. The van der Waals surface area contributed by atoms with Crippen LogP contribution in [-0.2, 0) is 0 Å². The van der Waals surface area contributed by atoms with Crippen molar-refractivity contribution >= 4 is 34.9 Å². The topological polar surface area (TPSA) is 62.2 Å². The second-order valence-corrected chi connectivity index (χ2v) is 8.45. The number of nitrogens with zero attached hydrogens (tertiary/aromatic N) is 3. The van der Waals surface area contributed by atoms with Gasteiger partial charge >= 0.3 is 6.18 Å². The molecule has 2 aromatic rings. The zero-order valence-corrected chi connectivity index (χ0v) is 19.4. The molecule has 32 heavy (non-hydrogen) atoms. The molecule has 2 heterocycles. The monoisotopic (exact) mass is 491 g/mol. The molecule has 11 heteroatoms. The number of carbonyl (C=O) groups excluding carboxylic acids is 1. The molecule has 1 amide bonds. The summed E-state index contributed by atoms with van der Waals surface area (Å²) >= 11 is 12.2. The van der Waals surface area contributed by atoms with Crippen molar-refractivity contribution in [3.63, 3.8) is 0 Å². The second-order valence-electron chi connectivity index (χ2n) is 7.63. The highest BCUT2D eigenvalue weighted by Gasteiger charge is 2.47. The van der Waals surface area contributed by atoms with Crippen LogP contribution in [-0.4, -0.2) is 52.9 Å². The largest absolute Gasteiger partial charge is 0.410 e. The predicted octanol–water partition coefficient (Wildman–Crippen LogP) is 5.31. The minimum absolute atomic E-state index is 0.0199. The van der Waals surface area contributed by atoms with Crippen LogP contribution in [0.25, 0.3) is 0 Å². The highest BCUT2D eigenvalue weighted by atomic mass is 35.5. The summed E-state index contributed by atoms with van der Waals surface area (Å²) in [7, 11) is 0. The molecule has 3 rings (SSSR count). The van der Waals surface area contributed by atoms with Crippen molar-refractivity contribution in [2.75, 3.05) is 31.5 Å². The van der Waals surface area contributed by atoms with E-state index in [-0.39, 0.29) is 23.0 Å². The van der Waals surface area contributed by atoms with Gasteiger partial charge in [0.15, 0.2) is 11.7 Å². The maximum atomic E-state index is 13.8. The van der Waals surface area contributed by atoms with E-state index in [0.29, 0.717) is 23.6 Å². The van der Waals surface area contributed by atoms with Crippen molar-refractivity contribution in [3.05, 3.63) is 45.6 Å². The average molecular weight is 492 g/mol. The van der Waals surface area contributed by atoms with Gasteiger partial charge in [-0.2, -0.15) is 18.3 Å². The van der Waals surface area contributed by atoms with Gasteiger partial charge in [-0.05, 0) is 43.8 Å². The lowest BCUT2D eigenvalue weighted by molar-refractivity contribution is -0.173. The molecule has 0 bridgehead atoms. The van der Waals surface area contributed by atoms with Gasteiger partial charge in [-0.1, -0.05) is 49.2 Å². The number of carbonyl (C=O) groups is 1. The van der Waals surface area contributed by atoms with Gasteiger partial charge in [0.25, 0.3) is 5.91 Å². The van der Waals surface area contributed by atoms with Crippen LogP contribution in [0.5, 0.6) is 0 Å². The van der Waals surface area contributed by atoms with E-state index in [1.807, 2.05) is 0 Å². The minimum Gasteiger partial charge on any atom is -0.362 e. The summed E-state index contributed by atoms with van der Waals surface area (Å²) in [5.41, 5.74) is 0.414. The van der Waals surface area contributed by atoms with Crippen LogP contribution >= 0.6 is 23.2 Å². The van der Waals surface area contributed by atoms with E-state index < -0.39 is 24.2 Å². The Labute approximate surface area is 195 Å². The quantitative estimate of drug-likeness (QED) is 0.491. The molecule has 2 N–H and O–H groups in total. The van der Waals surface area contributed by atoms with Gasteiger partial charge in [0.1, 0.15) is 10.8 Å². The van der Waals surface area contributed by atoms with Crippen molar-refractivity contribution in [1.82, 2.24) is 20.0 Å². The van der Waals surface area contributed by atoms with Gasteiger partial charge in [0.2, 0.25) is 0 Å². The number of hydrogen-bond donors (Lipinski definition) is 2. The number of benzene rings is 1. The molecule has 2 unspecified atom stereocenters. The fourth-order valence-corrected chi connectivity index (χ4v) is 4.17. The third kappa shape index (κ3) is 5.50. The molecule has 0 spiro atoms. The smallest absolute Gasteiger partial charge is 0.362 e. The molecule has 1 aromatic carbocycles. The number of hydrogen-bond acceptors (Lipinski definition) is 4. The van der Waals surface area contributed by atoms with E-state index in [1.54, 1.807) is 24.3 Å². The van der Waals surface area contributed by atoms with Crippen LogP contribution in [0.2, 0.25) is 10.0 Å². The molecule has 0 saturated carbocycles. The van der Waals surface area contributed by atoms with Gasteiger partial charge in [-0.15, -0.1) is 0 Å². The van der Waals surface area contributed by atoms with Gasteiger partial charge in [-0.3, -0.25) is 4.79 Å². The Bertz CT molecular complexity index is 929. The molecule has 1 aromatic heterocycles. The Hall–Kier alpha value is -1.97. The molecule has 0 saturated heterocycles.